The minimum Gasteiger partial charge on any atom is -0.403 e. The molecule has 2 nitrogen and oxygen atoms in total. The van der Waals surface area contributed by atoms with Crippen LogP contribution in [0, 0.1) is 0 Å². The fourth-order valence-corrected chi connectivity index (χ4v) is 2.51. The van der Waals surface area contributed by atoms with Gasteiger partial charge in [-0.05, 0) is 62.8 Å². The largest absolute Gasteiger partial charge is 0.458 e. The van der Waals surface area contributed by atoms with Gasteiger partial charge in [0.2, 0.25) is 0 Å². The summed E-state index contributed by atoms with van der Waals surface area (Å²) >= 11 is 1.74. The van der Waals surface area contributed by atoms with Crippen LogP contribution in [-0.4, -0.2) is 18.3 Å². The minimum atomic E-state index is -0.202. The fraction of sp³-hybridized carbons (Fsp3) is 0.667. The minimum absolute atomic E-state index is 0.0649. The summed E-state index contributed by atoms with van der Waals surface area (Å²) in [6, 6.07) is 2.16. The first-order chi connectivity index (χ1) is 7.41. The summed E-state index contributed by atoms with van der Waals surface area (Å²) in [5, 5.41) is 4.30. The molecule has 0 bridgehead atoms. The van der Waals surface area contributed by atoms with E-state index in [4.69, 9.17) is 9.31 Å². The highest BCUT2D eigenvalue weighted by Gasteiger charge is 2.50. The molecule has 16 heavy (non-hydrogen) atoms. The van der Waals surface area contributed by atoms with Gasteiger partial charge in [0.15, 0.2) is 0 Å². The normalized spacial score (nSPS) is 22.6. The Morgan fingerprint density at radius 2 is 1.81 bits per heavy atom. The third-order valence-electron chi connectivity index (χ3n) is 3.55. The molecule has 88 valence electrons. The third-order valence-corrected chi connectivity index (χ3v) is 4.28. The Balaban J connectivity index is 1.90. The van der Waals surface area contributed by atoms with E-state index in [-0.39, 0.29) is 18.3 Å². The van der Waals surface area contributed by atoms with Crippen LogP contribution in [0.5, 0.6) is 0 Å². The van der Waals surface area contributed by atoms with E-state index >= 15 is 0 Å². The Kier molecular flexibility index (Phi) is 3.17. The van der Waals surface area contributed by atoms with Gasteiger partial charge in [0.05, 0.1) is 11.2 Å². The molecule has 0 unspecified atom stereocenters. The molecule has 0 saturated carbocycles. The number of aryl methyl sites for hydroxylation is 1. The second kappa shape index (κ2) is 4.17. The van der Waals surface area contributed by atoms with Gasteiger partial charge < -0.3 is 9.31 Å². The molecule has 1 aliphatic rings. The topological polar surface area (TPSA) is 18.5 Å². The quantitative estimate of drug-likeness (QED) is 0.751. The van der Waals surface area contributed by atoms with E-state index in [1.807, 2.05) is 0 Å². The maximum Gasteiger partial charge on any atom is 0.458 e. The van der Waals surface area contributed by atoms with E-state index in [1.54, 1.807) is 11.3 Å². The second-order valence-corrected chi connectivity index (χ2v) is 6.14. The molecular weight excluding hydrogens is 219 g/mol. The zero-order valence-corrected chi connectivity index (χ0v) is 11.3. The molecule has 0 amide bonds. The number of hydrogen-bond donors (Lipinski definition) is 0. The lowest BCUT2D eigenvalue weighted by atomic mass is 9.82. The van der Waals surface area contributed by atoms with Crippen LogP contribution in [0.2, 0.25) is 6.32 Å². The van der Waals surface area contributed by atoms with Crippen molar-refractivity contribution in [3.05, 3.63) is 22.4 Å². The molecule has 4 heteroatoms. The van der Waals surface area contributed by atoms with Gasteiger partial charge in [-0.1, -0.05) is 0 Å². The predicted molar refractivity (Wildman–Crippen MR) is 68.9 cm³/mol. The van der Waals surface area contributed by atoms with Crippen molar-refractivity contribution in [1.29, 1.82) is 0 Å². The number of hydrogen-bond acceptors (Lipinski definition) is 3. The van der Waals surface area contributed by atoms with Crippen molar-refractivity contribution in [1.82, 2.24) is 0 Å². The van der Waals surface area contributed by atoms with E-state index in [0.717, 1.165) is 12.7 Å². The lowest BCUT2D eigenvalue weighted by Gasteiger charge is -2.32. The highest BCUT2D eigenvalue weighted by molar-refractivity contribution is 7.07. The van der Waals surface area contributed by atoms with Crippen molar-refractivity contribution >= 4 is 18.5 Å². The van der Waals surface area contributed by atoms with Gasteiger partial charge in [0.1, 0.15) is 0 Å². The summed E-state index contributed by atoms with van der Waals surface area (Å²) in [6.07, 6.45) is 1.96. The first-order valence-corrected chi connectivity index (χ1v) is 6.72. The highest BCUT2D eigenvalue weighted by atomic mass is 32.1. The standard InChI is InChI=1S/C12H19BO2S/c1-11(2)12(3,4)15-13(14-11)7-5-10-6-8-16-9-10/h6,8-9H,5,7H2,1-4H3. The second-order valence-electron chi connectivity index (χ2n) is 5.36. The van der Waals surface area contributed by atoms with Crippen LogP contribution in [0.25, 0.3) is 0 Å². The zero-order chi connectivity index (χ0) is 11.8. The lowest BCUT2D eigenvalue weighted by molar-refractivity contribution is 0.00578. The molecule has 0 spiro atoms. The van der Waals surface area contributed by atoms with Crippen molar-refractivity contribution in [2.45, 2.75) is 51.6 Å². The summed E-state index contributed by atoms with van der Waals surface area (Å²) in [5.41, 5.74) is 0.971. The highest BCUT2D eigenvalue weighted by Crippen LogP contribution is 2.37. The molecule has 1 saturated heterocycles. The molecule has 0 radical (unpaired) electrons. The molecular formula is C12H19BO2S. The summed E-state index contributed by atoms with van der Waals surface area (Å²) in [7, 11) is -0.0649. The van der Waals surface area contributed by atoms with Crippen molar-refractivity contribution < 1.29 is 9.31 Å². The van der Waals surface area contributed by atoms with Crippen molar-refractivity contribution in [3.8, 4) is 0 Å². The van der Waals surface area contributed by atoms with Crippen LogP contribution in [0.4, 0.5) is 0 Å². The lowest BCUT2D eigenvalue weighted by Crippen LogP contribution is -2.41. The van der Waals surface area contributed by atoms with Gasteiger partial charge in [-0.15, -0.1) is 0 Å². The van der Waals surface area contributed by atoms with Crippen molar-refractivity contribution in [3.63, 3.8) is 0 Å². The Morgan fingerprint density at radius 1 is 1.19 bits per heavy atom. The monoisotopic (exact) mass is 238 g/mol. The number of thiophene rings is 1. The molecule has 1 aromatic rings. The van der Waals surface area contributed by atoms with Crippen LogP contribution in [0.15, 0.2) is 16.8 Å². The fourth-order valence-electron chi connectivity index (χ4n) is 1.80. The Morgan fingerprint density at radius 3 is 2.31 bits per heavy atom. The molecule has 2 rings (SSSR count). The average molecular weight is 238 g/mol. The smallest absolute Gasteiger partial charge is 0.403 e. The van der Waals surface area contributed by atoms with Crippen LogP contribution in [0.3, 0.4) is 0 Å². The summed E-state index contributed by atoms with van der Waals surface area (Å²) in [5.74, 6) is 0. The molecule has 1 aliphatic heterocycles. The van der Waals surface area contributed by atoms with Crippen LogP contribution in [-0.2, 0) is 15.7 Å². The molecule has 0 atom stereocenters. The van der Waals surface area contributed by atoms with Gasteiger partial charge >= 0.3 is 7.12 Å². The van der Waals surface area contributed by atoms with Gasteiger partial charge in [0, 0.05) is 0 Å². The van der Waals surface area contributed by atoms with E-state index in [1.165, 1.54) is 5.56 Å². The maximum absolute atomic E-state index is 5.94. The Labute approximate surface area is 102 Å². The maximum atomic E-state index is 5.94. The molecule has 0 aromatic carbocycles. The van der Waals surface area contributed by atoms with E-state index < -0.39 is 0 Å². The first-order valence-electron chi connectivity index (χ1n) is 5.77. The van der Waals surface area contributed by atoms with Crippen LogP contribution < -0.4 is 0 Å². The van der Waals surface area contributed by atoms with Crippen LogP contribution in [0.1, 0.15) is 33.3 Å². The van der Waals surface area contributed by atoms with Gasteiger partial charge in [0.25, 0.3) is 0 Å². The average Bonchev–Trinajstić information content (AvgIpc) is 2.70. The van der Waals surface area contributed by atoms with E-state index in [2.05, 4.69) is 44.5 Å². The van der Waals surface area contributed by atoms with E-state index in [0.29, 0.717) is 0 Å². The third kappa shape index (κ3) is 2.34. The Hall–Kier alpha value is -0.315. The van der Waals surface area contributed by atoms with E-state index in [9.17, 15) is 0 Å². The SMILES string of the molecule is CC1(C)OB(CCc2ccsc2)OC1(C)C. The molecule has 1 fully saturated rings. The first kappa shape index (κ1) is 12.2. The molecule has 0 aliphatic carbocycles. The summed E-state index contributed by atoms with van der Waals surface area (Å²) < 4.78 is 11.9. The van der Waals surface area contributed by atoms with Crippen molar-refractivity contribution in [2.75, 3.05) is 0 Å². The van der Waals surface area contributed by atoms with Gasteiger partial charge in [-0.2, -0.15) is 11.3 Å². The predicted octanol–water partition coefficient (Wildman–Crippen LogP) is 3.38. The molecule has 1 aromatic heterocycles. The molecule has 0 N–H and O–H groups in total. The van der Waals surface area contributed by atoms with Gasteiger partial charge in [-0.3, -0.25) is 0 Å². The Bertz CT molecular complexity index is 330. The zero-order valence-electron chi connectivity index (χ0n) is 10.4. The van der Waals surface area contributed by atoms with Gasteiger partial charge in [-0.25, -0.2) is 0 Å². The number of rotatable bonds is 3. The summed E-state index contributed by atoms with van der Waals surface area (Å²) in [6.45, 7) is 8.38. The van der Waals surface area contributed by atoms with Crippen LogP contribution >= 0.6 is 11.3 Å². The summed E-state index contributed by atoms with van der Waals surface area (Å²) in [4.78, 5) is 0. The van der Waals surface area contributed by atoms with Crippen molar-refractivity contribution in [2.24, 2.45) is 0 Å². The molecule has 2 heterocycles.